The van der Waals surface area contributed by atoms with Gasteiger partial charge in [0.05, 0.1) is 0 Å². The molecule has 4 rings (SSSR count). The third-order valence-corrected chi connectivity index (χ3v) is 13.3. The highest BCUT2D eigenvalue weighted by molar-refractivity contribution is 8.14. The van der Waals surface area contributed by atoms with Crippen LogP contribution in [0, 0.1) is 40.4 Å². The van der Waals surface area contributed by atoms with Gasteiger partial charge in [-0.05, 0) is 98.2 Å². The molecular weight excluding hydrogens is 468 g/mol. The standard InChI is InChI=1S/C32H53ClOS/c1-6-7-8-9-10-11-12-23-14-16-27-26-15-13-24-21-25(35-30(34)29(33)22(2)3)17-19-32(24,5)28(26)18-20-31(23,27)4/h13,22-23,25-29H,6-12,14-21H2,1-5H3/t23-,25+,26+,27-,28-,29+,31-,32+/m1/s1. The molecule has 0 aromatic rings. The predicted octanol–water partition coefficient (Wildman–Crippen LogP) is 10.2. The van der Waals surface area contributed by atoms with Crippen LogP contribution in [0.5, 0.6) is 0 Å². The maximum Gasteiger partial charge on any atom is 0.207 e. The van der Waals surface area contributed by atoms with E-state index in [0.717, 1.165) is 30.1 Å². The first-order chi connectivity index (χ1) is 16.7. The van der Waals surface area contributed by atoms with Crippen LogP contribution in [0.2, 0.25) is 0 Å². The number of halogens is 1. The number of hydrogen-bond acceptors (Lipinski definition) is 2. The molecular formula is C32H53ClOS. The summed E-state index contributed by atoms with van der Waals surface area (Å²) in [6, 6.07) is 0. The van der Waals surface area contributed by atoms with E-state index in [4.69, 9.17) is 11.6 Å². The molecule has 0 N–H and O–H groups in total. The van der Waals surface area contributed by atoms with Crippen LogP contribution in [0.3, 0.4) is 0 Å². The van der Waals surface area contributed by atoms with E-state index in [-0.39, 0.29) is 16.4 Å². The lowest BCUT2D eigenvalue weighted by molar-refractivity contribution is -0.111. The van der Waals surface area contributed by atoms with Crippen molar-refractivity contribution in [1.29, 1.82) is 0 Å². The molecule has 35 heavy (non-hydrogen) atoms. The van der Waals surface area contributed by atoms with Crippen LogP contribution in [0.15, 0.2) is 11.6 Å². The average molecular weight is 521 g/mol. The fraction of sp³-hybridized carbons (Fsp3) is 0.906. The van der Waals surface area contributed by atoms with Gasteiger partial charge >= 0.3 is 0 Å². The van der Waals surface area contributed by atoms with Gasteiger partial charge in [0.2, 0.25) is 5.12 Å². The molecule has 0 radical (unpaired) electrons. The zero-order valence-electron chi connectivity index (χ0n) is 23.4. The number of allylic oxidation sites excluding steroid dienone is 2. The second kappa shape index (κ2) is 11.8. The Morgan fingerprint density at radius 1 is 1.03 bits per heavy atom. The molecule has 4 aliphatic carbocycles. The summed E-state index contributed by atoms with van der Waals surface area (Å²) in [4.78, 5) is 12.7. The second-order valence-corrected chi connectivity index (χ2v) is 15.4. The van der Waals surface area contributed by atoms with Gasteiger partial charge in [-0.2, -0.15) is 0 Å². The Morgan fingerprint density at radius 2 is 1.77 bits per heavy atom. The second-order valence-electron chi connectivity index (χ2n) is 13.6. The van der Waals surface area contributed by atoms with Crippen LogP contribution in [-0.2, 0) is 4.79 Å². The molecule has 1 nitrogen and oxygen atoms in total. The topological polar surface area (TPSA) is 17.1 Å². The summed E-state index contributed by atoms with van der Waals surface area (Å²) in [5.74, 6) is 3.90. The van der Waals surface area contributed by atoms with Crippen LogP contribution in [0.25, 0.3) is 0 Å². The van der Waals surface area contributed by atoms with E-state index in [9.17, 15) is 4.79 Å². The third-order valence-electron chi connectivity index (χ3n) is 11.3. The first kappa shape index (κ1) is 28.1. The first-order valence-corrected chi connectivity index (χ1v) is 16.6. The number of fused-ring (bicyclic) bond motifs is 5. The molecule has 3 saturated carbocycles. The number of rotatable bonds is 10. The predicted molar refractivity (Wildman–Crippen MR) is 154 cm³/mol. The third kappa shape index (κ3) is 5.74. The zero-order valence-corrected chi connectivity index (χ0v) is 25.0. The molecule has 8 atom stereocenters. The van der Waals surface area contributed by atoms with Crippen molar-refractivity contribution in [1.82, 2.24) is 0 Å². The Kier molecular flexibility index (Phi) is 9.49. The maximum atomic E-state index is 12.7. The SMILES string of the molecule is CCCCCCCC[C@@H]1CC[C@@H]2[C@@H]3CC=C4C[C@@H](SC(=O)[C@@H](Cl)C(C)C)CC[C@]4(C)[C@@H]3CC[C@]12C. The van der Waals surface area contributed by atoms with Gasteiger partial charge in [-0.3, -0.25) is 4.79 Å². The van der Waals surface area contributed by atoms with Crippen molar-refractivity contribution in [2.24, 2.45) is 40.4 Å². The molecule has 0 aliphatic heterocycles. The van der Waals surface area contributed by atoms with Gasteiger partial charge in [-0.1, -0.05) is 96.6 Å². The maximum absolute atomic E-state index is 12.7. The van der Waals surface area contributed by atoms with E-state index in [2.05, 4.69) is 40.7 Å². The fourth-order valence-corrected chi connectivity index (χ4v) is 10.4. The van der Waals surface area contributed by atoms with Gasteiger partial charge in [0.1, 0.15) is 5.38 Å². The summed E-state index contributed by atoms with van der Waals surface area (Å²) in [5, 5.41) is 0.279. The number of carbonyl (C=O) groups excluding carboxylic acids is 1. The van der Waals surface area contributed by atoms with Gasteiger partial charge in [-0.15, -0.1) is 11.6 Å². The normalized spacial score (nSPS) is 39.5. The summed E-state index contributed by atoms with van der Waals surface area (Å²) in [5.41, 5.74) is 2.66. The molecule has 0 heterocycles. The molecule has 200 valence electrons. The Bertz CT molecular complexity index is 761. The summed E-state index contributed by atoms with van der Waals surface area (Å²) in [6.45, 7) is 11.7. The first-order valence-electron chi connectivity index (χ1n) is 15.2. The van der Waals surface area contributed by atoms with E-state index in [1.165, 1.54) is 89.9 Å². The summed E-state index contributed by atoms with van der Waals surface area (Å²) >= 11 is 7.95. The Balaban J connectivity index is 1.36. The number of hydrogen-bond donors (Lipinski definition) is 0. The van der Waals surface area contributed by atoms with Crippen molar-refractivity contribution in [2.45, 2.75) is 142 Å². The van der Waals surface area contributed by atoms with E-state index in [0.29, 0.717) is 16.1 Å². The lowest BCUT2D eigenvalue weighted by Gasteiger charge is -2.58. The van der Waals surface area contributed by atoms with Gasteiger partial charge in [-0.25, -0.2) is 0 Å². The molecule has 0 aromatic carbocycles. The number of carbonyl (C=O) groups is 1. The fourth-order valence-electron chi connectivity index (χ4n) is 8.98. The lowest BCUT2D eigenvalue weighted by atomic mass is 9.47. The molecule has 0 spiro atoms. The van der Waals surface area contributed by atoms with Crippen LogP contribution in [0.4, 0.5) is 0 Å². The van der Waals surface area contributed by atoms with E-state index < -0.39 is 0 Å². The van der Waals surface area contributed by atoms with Crippen molar-refractivity contribution >= 4 is 28.5 Å². The largest absolute Gasteiger partial charge is 0.286 e. The Labute approximate surface area is 226 Å². The van der Waals surface area contributed by atoms with E-state index >= 15 is 0 Å². The molecule has 3 heteroatoms. The van der Waals surface area contributed by atoms with Gasteiger partial charge < -0.3 is 0 Å². The Hall–Kier alpha value is 0.0500. The van der Waals surface area contributed by atoms with Crippen LogP contribution >= 0.6 is 23.4 Å². The Morgan fingerprint density at radius 3 is 2.51 bits per heavy atom. The number of unbranched alkanes of at least 4 members (excludes halogenated alkanes) is 5. The van der Waals surface area contributed by atoms with Crippen molar-refractivity contribution < 1.29 is 4.79 Å². The van der Waals surface area contributed by atoms with E-state index in [1.54, 1.807) is 17.3 Å². The van der Waals surface area contributed by atoms with Crippen molar-refractivity contribution in [2.75, 3.05) is 0 Å². The van der Waals surface area contributed by atoms with Gasteiger partial charge in [0.25, 0.3) is 0 Å². The summed E-state index contributed by atoms with van der Waals surface area (Å²) in [7, 11) is 0. The highest BCUT2D eigenvalue weighted by Gasteiger charge is 2.58. The van der Waals surface area contributed by atoms with Gasteiger partial charge in [0, 0.05) is 5.25 Å². The number of thioether (sulfide) groups is 1. The minimum Gasteiger partial charge on any atom is -0.286 e. The molecule has 0 aromatic heterocycles. The minimum absolute atomic E-state index is 0.195. The van der Waals surface area contributed by atoms with Gasteiger partial charge in [0.15, 0.2) is 0 Å². The van der Waals surface area contributed by atoms with Crippen molar-refractivity contribution in [3.63, 3.8) is 0 Å². The quantitative estimate of drug-likeness (QED) is 0.162. The van der Waals surface area contributed by atoms with Crippen molar-refractivity contribution in [3.8, 4) is 0 Å². The molecule has 4 aliphatic rings. The minimum atomic E-state index is -0.347. The van der Waals surface area contributed by atoms with Crippen LogP contribution in [-0.4, -0.2) is 15.7 Å². The summed E-state index contributed by atoms with van der Waals surface area (Å²) < 4.78 is 0. The van der Waals surface area contributed by atoms with Crippen LogP contribution < -0.4 is 0 Å². The molecule has 3 fully saturated rings. The molecule has 0 bridgehead atoms. The smallest absolute Gasteiger partial charge is 0.207 e. The zero-order chi connectivity index (χ0) is 25.2. The van der Waals surface area contributed by atoms with E-state index in [1.807, 2.05) is 0 Å². The average Bonchev–Trinajstić information content (AvgIpc) is 3.17. The number of alkyl halides is 1. The summed E-state index contributed by atoms with van der Waals surface area (Å²) in [6.07, 6.45) is 23.4. The highest BCUT2D eigenvalue weighted by Crippen LogP contribution is 2.67. The monoisotopic (exact) mass is 520 g/mol. The highest BCUT2D eigenvalue weighted by atomic mass is 35.5. The lowest BCUT2D eigenvalue weighted by Crippen LogP contribution is -2.50. The molecule has 0 unspecified atom stereocenters. The molecule has 0 saturated heterocycles. The molecule has 0 amide bonds. The van der Waals surface area contributed by atoms with Crippen molar-refractivity contribution in [3.05, 3.63) is 11.6 Å². The van der Waals surface area contributed by atoms with Crippen LogP contribution in [0.1, 0.15) is 131 Å².